The molecule has 33 heavy (non-hydrogen) atoms. The zero-order valence-corrected chi connectivity index (χ0v) is 21.4. The fourth-order valence-electron chi connectivity index (χ4n) is 5.08. The standard InChI is InChI=1S/C28H36ClNO3/c1-18(2)13-22-17-28(6,10-8-12-33-23-14-19(3)25(29)20(4)15-23)16-21(5)26(22)30-11-7-9-24(30)27(31)32/h7,9,11,14-16,18H,8,10,12-13,17H2,1-6H3,(H,31,32). The number of hydrogen-bond acceptors (Lipinski definition) is 2. The topological polar surface area (TPSA) is 51.5 Å². The van der Waals surface area contributed by atoms with Crippen molar-refractivity contribution in [2.75, 3.05) is 6.61 Å². The smallest absolute Gasteiger partial charge is 0.352 e. The molecule has 3 rings (SSSR count). The number of aryl methyl sites for hydroxylation is 2. The third-order valence-electron chi connectivity index (χ3n) is 6.32. The van der Waals surface area contributed by atoms with Gasteiger partial charge in [-0.3, -0.25) is 0 Å². The highest BCUT2D eigenvalue weighted by Crippen LogP contribution is 2.44. The van der Waals surface area contributed by atoms with Crippen molar-refractivity contribution in [2.45, 2.75) is 67.2 Å². The maximum Gasteiger partial charge on any atom is 0.352 e. The Balaban J connectivity index is 1.75. The van der Waals surface area contributed by atoms with Crippen LogP contribution in [0.1, 0.15) is 75.0 Å². The quantitative estimate of drug-likeness (QED) is 0.379. The minimum atomic E-state index is -0.901. The van der Waals surface area contributed by atoms with E-state index in [4.69, 9.17) is 16.3 Å². The normalized spacial score (nSPS) is 18.6. The highest BCUT2D eigenvalue weighted by Gasteiger charge is 2.31. The maximum atomic E-state index is 11.8. The van der Waals surface area contributed by atoms with Gasteiger partial charge in [0.05, 0.1) is 6.61 Å². The van der Waals surface area contributed by atoms with Gasteiger partial charge in [-0.1, -0.05) is 38.4 Å². The van der Waals surface area contributed by atoms with Gasteiger partial charge in [0.1, 0.15) is 11.4 Å². The summed E-state index contributed by atoms with van der Waals surface area (Å²) in [6.07, 6.45) is 8.01. The Morgan fingerprint density at radius 1 is 1.24 bits per heavy atom. The van der Waals surface area contributed by atoms with Crippen LogP contribution in [0.2, 0.25) is 5.02 Å². The Bertz CT molecular complexity index is 1070. The van der Waals surface area contributed by atoms with Crippen LogP contribution >= 0.6 is 11.6 Å². The van der Waals surface area contributed by atoms with Crippen molar-refractivity contribution < 1.29 is 14.6 Å². The number of hydrogen-bond donors (Lipinski definition) is 1. The second-order valence-corrected chi connectivity index (χ2v) is 10.5. The SMILES string of the molecule is CC1=CC(C)(CCCOc2cc(C)c(Cl)c(C)c2)CC(CC(C)C)=C1n1cccc1C(=O)O. The number of ether oxygens (including phenoxy) is 1. The van der Waals surface area contributed by atoms with Crippen molar-refractivity contribution in [1.82, 2.24) is 4.57 Å². The van der Waals surface area contributed by atoms with Crippen LogP contribution in [0.25, 0.3) is 5.70 Å². The summed E-state index contributed by atoms with van der Waals surface area (Å²) in [7, 11) is 0. The number of benzene rings is 1. The lowest BCUT2D eigenvalue weighted by Gasteiger charge is -2.35. The summed E-state index contributed by atoms with van der Waals surface area (Å²) in [6, 6.07) is 7.46. The van der Waals surface area contributed by atoms with Gasteiger partial charge in [0.2, 0.25) is 0 Å². The van der Waals surface area contributed by atoms with Crippen LogP contribution < -0.4 is 4.74 Å². The predicted octanol–water partition coefficient (Wildman–Crippen LogP) is 7.93. The van der Waals surface area contributed by atoms with Gasteiger partial charge in [0, 0.05) is 16.9 Å². The highest BCUT2D eigenvalue weighted by atomic mass is 35.5. The average molecular weight is 470 g/mol. The van der Waals surface area contributed by atoms with E-state index in [9.17, 15) is 9.90 Å². The molecule has 1 unspecified atom stereocenters. The van der Waals surface area contributed by atoms with Gasteiger partial charge in [-0.25, -0.2) is 4.79 Å². The van der Waals surface area contributed by atoms with E-state index in [2.05, 4.69) is 33.8 Å². The molecule has 2 aromatic rings. The van der Waals surface area contributed by atoms with E-state index in [-0.39, 0.29) is 5.41 Å². The maximum absolute atomic E-state index is 11.8. The molecule has 1 aromatic carbocycles. The summed E-state index contributed by atoms with van der Waals surface area (Å²) >= 11 is 6.27. The molecule has 0 radical (unpaired) electrons. The van der Waals surface area contributed by atoms with Gasteiger partial charge < -0.3 is 14.4 Å². The number of halogens is 1. The molecule has 1 N–H and O–H groups in total. The molecule has 0 saturated carbocycles. The Kier molecular flexibility index (Phi) is 7.79. The van der Waals surface area contributed by atoms with E-state index < -0.39 is 5.97 Å². The van der Waals surface area contributed by atoms with Crippen molar-refractivity contribution in [2.24, 2.45) is 11.3 Å². The van der Waals surface area contributed by atoms with Crippen molar-refractivity contribution in [3.63, 3.8) is 0 Å². The minimum Gasteiger partial charge on any atom is -0.494 e. The lowest BCUT2D eigenvalue weighted by atomic mass is 9.72. The summed E-state index contributed by atoms with van der Waals surface area (Å²) in [5.41, 5.74) is 5.91. The number of carboxylic acid groups (broad SMARTS) is 1. The molecule has 1 heterocycles. The summed E-state index contributed by atoms with van der Waals surface area (Å²) in [4.78, 5) is 11.8. The second kappa shape index (κ2) is 10.2. The highest BCUT2D eigenvalue weighted by molar-refractivity contribution is 6.32. The molecule has 178 valence electrons. The van der Waals surface area contributed by atoms with Crippen molar-refractivity contribution in [1.29, 1.82) is 0 Å². The van der Waals surface area contributed by atoms with Crippen LogP contribution in [-0.4, -0.2) is 22.2 Å². The first-order chi connectivity index (χ1) is 15.5. The van der Waals surface area contributed by atoms with Crippen LogP contribution in [0, 0.1) is 25.2 Å². The second-order valence-electron chi connectivity index (χ2n) is 10.1. The van der Waals surface area contributed by atoms with Crippen molar-refractivity contribution in [3.8, 4) is 5.75 Å². The summed E-state index contributed by atoms with van der Waals surface area (Å²) in [5, 5.41) is 10.4. The van der Waals surface area contributed by atoms with Gasteiger partial charge >= 0.3 is 5.97 Å². The first kappa shape index (κ1) is 25.2. The fraction of sp³-hybridized carbons (Fsp3) is 0.464. The molecular weight excluding hydrogens is 434 g/mol. The van der Waals surface area contributed by atoms with E-state index in [0.29, 0.717) is 18.2 Å². The summed E-state index contributed by atoms with van der Waals surface area (Å²) in [5.74, 6) is 0.461. The Morgan fingerprint density at radius 2 is 1.91 bits per heavy atom. The van der Waals surface area contributed by atoms with Gasteiger partial charge in [-0.2, -0.15) is 0 Å². The molecular formula is C28H36ClNO3. The van der Waals surface area contributed by atoms with Gasteiger partial charge in [0.25, 0.3) is 0 Å². The largest absolute Gasteiger partial charge is 0.494 e. The fourth-order valence-corrected chi connectivity index (χ4v) is 5.19. The minimum absolute atomic E-state index is 0.0174. The van der Waals surface area contributed by atoms with E-state index in [0.717, 1.165) is 58.9 Å². The number of carbonyl (C=O) groups is 1. The third-order valence-corrected chi connectivity index (χ3v) is 6.92. The van der Waals surface area contributed by atoms with Crippen LogP contribution in [-0.2, 0) is 0 Å². The molecule has 0 fully saturated rings. The molecule has 0 saturated heterocycles. The zero-order chi connectivity index (χ0) is 24.3. The molecule has 0 bridgehead atoms. The van der Waals surface area contributed by atoms with Crippen LogP contribution in [0.15, 0.2) is 47.7 Å². The van der Waals surface area contributed by atoms with Crippen molar-refractivity contribution >= 4 is 23.3 Å². The Labute approximate surface area is 202 Å². The monoisotopic (exact) mass is 469 g/mol. The first-order valence-corrected chi connectivity index (χ1v) is 12.1. The average Bonchev–Trinajstić information content (AvgIpc) is 3.18. The number of carboxylic acids is 1. The van der Waals surface area contributed by atoms with Crippen LogP contribution in [0.4, 0.5) is 0 Å². The predicted molar refractivity (Wildman–Crippen MR) is 136 cm³/mol. The lowest BCUT2D eigenvalue weighted by molar-refractivity contribution is 0.0688. The molecule has 4 nitrogen and oxygen atoms in total. The number of nitrogens with zero attached hydrogens (tertiary/aromatic N) is 1. The molecule has 1 aliphatic carbocycles. The van der Waals surface area contributed by atoms with Crippen LogP contribution in [0.5, 0.6) is 5.75 Å². The van der Waals surface area contributed by atoms with E-state index >= 15 is 0 Å². The van der Waals surface area contributed by atoms with Gasteiger partial charge in [-0.15, -0.1) is 0 Å². The third kappa shape index (κ3) is 5.92. The molecule has 1 atom stereocenters. The summed E-state index contributed by atoms with van der Waals surface area (Å²) < 4.78 is 7.89. The lowest BCUT2D eigenvalue weighted by Crippen LogP contribution is -2.23. The first-order valence-electron chi connectivity index (χ1n) is 11.7. The molecule has 0 amide bonds. The number of aromatic carboxylic acids is 1. The van der Waals surface area contributed by atoms with E-state index in [1.807, 2.05) is 42.8 Å². The van der Waals surface area contributed by atoms with Gasteiger partial charge in [-0.05, 0) is 104 Å². The molecule has 0 aliphatic heterocycles. The summed E-state index contributed by atoms with van der Waals surface area (Å²) in [6.45, 7) is 13.5. The van der Waals surface area contributed by atoms with Gasteiger partial charge in [0.15, 0.2) is 0 Å². The Morgan fingerprint density at radius 3 is 2.52 bits per heavy atom. The molecule has 0 spiro atoms. The van der Waals surface area contributed by atoms with Crippen LogP contribution in [0.3, 0.4) is 0 Å². The molecule has 1 aliphatic rings. The molecule has 1 aromatic heterocycles. The van der Waals surface area contributed by atoms with Crippen molar-refractivity contribution in [3.05, 3.63) is 69.5 Å². The number of aromatic nitrogens is 1. The van der Waals surface area contributed by atoms with E-state index in [1.54, 1.807) is 6.07 Å². The molecule has 5 heteroatoms. The number of rotatable bonds is 9. The zero-order valence-electron chi connectivity index (χ0n) is 20.7. The number of allylic oxidation sites excluding steroid dienone is 4. The van der Waals surface area contributed by atoms with E-state index in [1.165, 1.54) is 5.57 Å². The Hall–Kier alpha value is -2.46.